The molecule has 9 nitrogen and oxygen atoms in total. The highest BCUT2D eigenvalue weighted by molar-refractivity contribution is 6.01. The van der Waals surface area contributed by atoms with E-state index in [-0.39, 0.29) is 30.7 Å². The number of piperazine rings is 1. The molecule has 9 heteroatoms. The van der Waals surface area contributed by atoms with Gasteiger partial charge in [0.25, 0.3) is 0 Å². The molecule has 2 fully saturated rings. The Hall–Kier alpha value is -2.81. The van der Waals surface area contributed by atoms with Crippen molar-refractivity contribution in [2.75, 3.05) is 58.9 Å². The zero-order valence-corrected chi connectivity index (χ0v) is 18.0. The Morgan fingerprint density at radius 2 is 1.77 bits per heavy atom. The van der Waals surface area contributed by atoms with Crippen LogP contribution in [0.2, 0.25) is 0 Å². The number of nitrogens with zero attached hydrogens (tertiary/aromatic N) is 3. The van der Waals surface area contributed by atoms with Gasteiger partial charge in [0, 0.05) is 50.9 Å². The van der Waals surface area contributed by atoms with E-state index in [0.717, 1.165) is 13.1 Å². The molecule has 0 aromatic heterocycles. The molecule has 2 saturated heterocycles. The molecule has 1 aromatic rings. The van der Waals surface area contributed by atoms with E-state index in [1.54, 1.807) is 42.0 Å². The zero-order valence-electron chi connectivity index (χ0n) is 18.0. The van der Waals surface area contributed by atoms with Gasteiger partial charge in [-0.25, -0.2) is 0 Å². The molecule has 0 radical (unpaired) electrons. The summed E-state index contributed by atoms with van der Waals surface area (Å²) in [5.41, 5.74) is 0.648. The Morgan fingerprint density at radius 1 is 1.10 bits per heavy atom. The van der Waals surface area contributed by atoms with Crippen molar-refractivity contribution in [3.05, 3.63) is 18.2 Å². The molecular formula is C21H30N4O5. The molecule has 0 bridgehead atoms. The second-order valence-corrected chi connectivity index (χ2v) is 7.80. The fraction of sp³-hybridized carbons (Fsp3) is 0.571. The predicted octanol–water partition coefficient (Wildman–Crippen LogP) is 0.335. The van der Waals surface area contributed by atoms with Crippen molar-refractivity contribution >= 4 is 23.4 Å². The number of methoxy groups -OCH3 is 2. The van der Waals surface area contributed by atoms with E-state index in [9.17, 15) is 14.4 Å². The van der Waals surface area contributed by atoms with Gasteiger partial charge < -0.3 is 29.5 Å². The van der Waals surface area contributed by atoms with Crippen LogP contribution in [0, 0.1) is 5.92 Å². The summed E-state index contributed by atoms with van der Waals surface area (Å²) in [5, 5.41) is 2.80. The Balaban J connectivity index is 1.60. The average Bonchev–Trinajstić information content (AvgIpc) is 3.15. The van der Waals surface area contributed by atoms with Crippen LogP contribution < -0.4 is 19.7 Å². The van der Waals surface area contributed by atoms with Crippen molar-refractivity contribution in [2.45, 2.75) is 19.4 Å². The van der Waals surface area contributed by atoms with Crippen LogP contribution in [0.25, 0.3) is 0 Å². The van der Waals surface area contributed by atoms with Crippen LogP contribution in [0.5, 0.6) is 11.5 Å². The number of hydrogen-bond acceptors (Lipinski definition) is 6. The number of benzene rings is 1. The summed E-state index contributed by atoms with van der Waals surface area (Å²) in [5.74, 6) is 0.0770. The monoisotopic (exact) mass is 418 g/mol. The number of hydrogen-bond donors (Lipinski definition) is 1. The molecule has 1 aromatic carbocycles. The molecular weight excluding hydrogens is 388 g/mol. The fourth-order valence-electron chi connectivity index (χ4n) is 3.82. The van der Waals surface area contributed by atoms with E-state index >= 15 is 0 Å². The Labute approximate surface area is 176 Å². The molecule has 3 rings (SSSR count). The van der Waals surface area contributed by atoms with E-state index in [2.05, 4.69) is 10.2 Å². The van der Waals surface area contributed by atoms with Gasteiger partial charge in [0.1, 0.15) is 6.04 Å². The summed E-state index contributed by atoms with van der Waals surface area (Å²) in [6, 6.07) is 4.59. The summed E-state index contributed by atoms with van der Waals surface area (Å²) in [7, 11) is 5.10. The minimum Gasteiger partial charge on any atom is -0.493 e. The third-order valence-electron chi connectivity index (χ3n) is 5.72. The first kappa shape index (κ1) is 21.9. The Bertz CT molecular complexity index is 807. The molecule has 164 valence electrons. The molecule has 3 amide bonds. The number of nitrogens with one attached hydrogen (secondary N) is 1. The van der Waals surface area contributed by atoms with E-state index in [1.807, 2.05) is 7.05 Å². The summed E-state index contributed by atoms with van der Waals surface area (Å²) in [4.78, 5) is 43.4. The molecule has 2 aliphatic heterocycles. The number of anilines is 1. The first-order chi connectivity index (χ1) is 14.3. The number of amides is 3. The Morgan fingerprint density at radius 3 is 2.40 bits per heavy atom. The number of carbonyl (C=O) groups excluding carboxylic acids is 3. The molecule has 0 spiro atoms. The predicted molar refractivity (Wildman–Crippen MR) is 112 cm³/mol. The lowest BCUT2D eigenvalue weighted by molar-refractivity contribution is -0.138. The van der Waals surface area contributed by atoms with Gasteiger partial charge in [-0.1, -0.05) is 0 Å². The maximum atomic E-state index is 12.7. The van der Waals surface area contributed by atoms with Crippen LogP contribution >= 0.6 is 0 Å². The van der Waals surface area contributed by atoms with Gasteiger partial charge in [-0.3, -0.25) is 14.4 Å². The van der Waals surface area contributed by atoms with E-state index < -0.39 is 12.0 Å². The second-order valence-electron chi connectivity index (χ2n) is 7.80. The van der Waals surface area contributed by atoms with Gasteiger partial charge in [0.05, 0.1) is 20.1 Å². The van der Waals surface area contributed by atoms with Crippen LogP contribution in [0.4, 0.5) is 5.69 Å². The van der Waals surface area contributed by atoms with Crippen LogP contribution in [-0.2, 0) is 14.4 Å². The maximum Gasteiger partial charge on any atom is 0.244 e. The number of likely N-dealkylation sites (N-methyl/N-ethyl adjacent to an activating group) is 1. The van der Waals surface area contributed by atoms with Gasteiger partial charge in [-0.2, -0.15) is 0 Å². The summed E-state index contributed by atoms with van der Waals surface area (Å²) in [6.45, 7) is 4.92. The second kappa shape index (κ2) is 9.34. The molecule has 2 aliphatic rings. The maximum absolute atomic E-state index is 12.7. The highest BCUT2D eigenvalue weighted by Gasteiger charge is 2.37. The first-order valence-electron chi connectivity index (χ1n) is 10.1. The van der Waals surface area contributed by atoms with Gasteiger partial charge >= 0.3 is 0 Å². The lowest BCUT2D eigenvalue weighted by Crippen LogP contribution is -2.54. The smallest absolute Gasteiger partial charge is 0.244 e. The van der Waals surface area contributed by atoms with E-state index in [4.69, 9.17) is 9.47 Å². The number of rotatable bonds is 6. The molecule has 0 aliphatic carbocycles. The molecule has 0 saturated carbocycles. The average molecular weight is 418 g/mol. The van der Waals surface area contributed by atoms with Crippen molar-refractivity contribution in [1.82, 2.24) is 15.1 Å². The standard InChI is InChI=1S/C21H30N4O5/c1-14(21(28)24-9-7-23(2)8-10-24)22-20(27)15-11-19(26)25(13-15)16-5-6-17(29-3)18(12-16)30-4/h5-6,12,14-15H,7-11,13H2,1-4H3,(H,22,27). The van der Waals surface area contributed by atoms with Crippen molar-refractivity contribution in [3.63, 3.8) is 0 Å². The highest BCUT2D eigenvalue weighted by atomic mass is 16.5. The van der Waals surface area contributed by atoms with Gasteiger partial charge in [-0.15, -0.1) is 0 Å². The largest absolute Gasteiger partial charge is 0.493 e. The number of ether oxygens (including phenoxy) is 2. The van der Waals surface area contributed by atoms with Crippen LogP contribution in [0.3, 0.4) is 0 Å². The summed E-state index contributed by atoms with van der Waals surface area (Å²) in [6.07, 6.45) is 0.107. The summed E-state index contributed by atoms with van der Waals surface area (Å²) >= 11 is 0. The van der Waals surface area contributed by atoms with E-state index in [1.165, 1.54) is 7.11 Å². The van der Waals surface area contributed by atoms with Crippen LogP contribution in [0.15, 0.2) is 18.2 Å². The fourth-order valence-corrected chi connectivity index (χ4v) is 3.82. The third-order valence-corrected chi connectivity index (χ3v) is 5.72. The van der Waals surface area contributed by atoms with Gasteiger partial charge in [0.15, 0.2) is 11.5 Å². The summed E-state index contributed by atoms with van der Waals surface area (Å²) < 4.78 is 10.5. The Kier molecular flexibility index (Phi) is 6.81. The lowest BCUT2D eigenvalue weighted by atomic mass is 10.1. The molecule has 2 unspecified atom stereocenters. The van der Waals surface area contributed by atoms with Crippen molar-refractivity contribution in [1.29, 1.82) is 0 Å². The quantitative estimate of drug-likeness (QED) is 0.716. The van der Waals surface area contributed by atoms with Crippen molar-refractivity contribution < 1.29 is 23.9 Å². The highest BCUT2D eigenvalue weighted by Crippen LogP contribution is 2.34. The number of carbonyl (C=O) groups is 3. The van der Waals surface area contributed by atoms with Gasteiger partial charge in [-0.05, 0) is 26.1 Å². The topological polar surface area (TPSA) is 91.4 Å². The van der Waals surface area contributed by atoms with Crippen molar-refractivity contribution in [2.24, 2.45) is 5.92 Å². The zero-order chi connectivity index (χ0) is 21.8. The SMILES string of the molecule is COc1ccc(N2CC(C(=O)NC(C)C(=O)N3CCN(C)CC3)CC2=O)cc1OC. The normalized spacial score (nSPS) is 20.8. The van der Waals surface area contributed by atoms with E-state index in [0.29, 0.717) is 30.3 Å². The lowest BCUT2D eigenvalue weighted by Gasteiger charge is -2.34. The minimum absolute atomic E-state index is 0.0856. The van der Waals surface area contributed by atoms with Gasteiger partial charge in [0.2, 0.25) is 17.7 Å². The molecule has 30 heavy (non-hydrogen) atoms. The molecule has 2 atom stereocenters. The first-order valence-corrected chi connectivity index (χ1v) is 10.1. The molecule has 2 heterocycles. The third kappa shape index (κ3) is 4.67. The minimum atomic E-state index is -0.619. The van der Waals surface area contributed by atoms with Crippen LogP contribution in [0.1, 0.15) is 13.3 Å². The van der Waals surface area contributed by atoms with Crippen LogP contribution in [-0.4, -0.2) is 87.6 Å². The molecule has 1 N–H and O–H groups in total. The van der Waals surface area contributed by atoms with Crippen molar-refractivity contribution in [3.8, 4) is 11.5 Å².